The first-order chi connectivity index (χ1) is 9.20. The van der Waals surface area contributed by atoms with Crippen LogP contribution in [0.2, 0.25) is 0 Å². The molecule has 1 N–H and O–H groups in total. The van der Waals surface area contributed by atoms with E-state index < -0.39 is 24.2 Å². The van der Waals surface area contributed by atoms with E-state index in [1.807, 2.05) is 13.8 Å². The zero-order valence-electron chi connectivity index (χ0n) is 11.1. The van der Waals surface area contributed by atoms with E-state index in [1.54, 1.807) is 18.2 Å². The average molecular weight is 288 g/mol. The van der Waals surface area contributed by atoms with Crippen LogP contribution in [0.15, 0.2) is 18.2 Å². The van der Waals surface area contributed by atoms with Gasteiger partial charge in [-0.1, -0.05) is 26.0 Å². The summed E-state index contributed by atoms with van der Waals surface area (Å²) in [6.45, 7) is 3.84. The lowest BCUT2D eigenvalue weighted by molar-refractivity contribution is -0.217. The summed E-state index contributed by atoms with van der Waals surface area (Å²) in [6, 6.07) is 5.00. The minimum absolute atomic E-state index is 0.135. The minimum atomic E-state index is -4.70. The Kier molecular flexibility index (Phi) is 3.67. The Labute approximate surface area is 114 Å². The first-order valence-electron chi connectivity index (χ1n) is 6.29. The maximum atomic E-state index is 12.9. The second-order valence-electron chi connectivity index (χ2n) is 5.25. The largest absolute Gasteiger partial charge is 0.481 e. The molecule has 1 aliphatic rings. The standard InChI is InChI=1S/C14H15F3O3/c1-7(2)8-3-4-9-5-10(13(18)19)12(14(15,16)17)20-11(9)6-8/h3-4,6-7,10,12H,5H2,1-2H3,(H,18,19). The summed E-state index contributed by atoms with van der Waals surface area (Å²) < 4.78 is 43.7. The average Bonchev–Trinajstić information content (AvgIpc) is 2.35. The Hall–Kier alpha value is -1.72. The van der Waals surface area contributed by atoms with E-state index in [1.165, 1.54) is 0 Å². The van der Waals surface area contributed by atoms with Gasteiger partial charge in [0.2, 0.25) is 6.10 Å². The number of hydrogen-bond acceptors (Lipinski definition) is 2. The van der Waals surface area contributed by atoms with Gasteiger partial charge in [-0.05, 0) is 29.5 Å². The van der Waals surface area contributed by atoms with Crippen molar-refractivity contribution in [3.63, 3.8) is 0 Å². The molecule has 0 amide bonds. The van der Waals surface area contributed by atoms with Crippen molar-refractivity contribution in [2.24, 2.45) is 5.92 Å². The molecule has 0 bridgehead atoms. The number of ether oxygens (including phenoxy) is 1. The number of fused-ring (bicyclic) bond motifs is 1. The van der Waals surface area contributed by atoms with E-state index in [-0.39, 0.29) is 18.1 Å². The molecular weight excluding hydrogens is 273 g/mol. The molecule has 1 aliphatic heterocycles. The van der Waals surface area contributed by atoms with E-state index >= 15 is 0 Å². The van der Waals surface area contributed by atoms with Crippen LogP contribution in [0, 0.1) is 5.92 Å². The maximum absolute atomic E-state index is 12.9. The number of carboxylic acids is 1. The van der Waals surface area contributed by atoms with E-state index in [2.05, 4.69) is 0 Å². The summed E-state index contributed by atoms with van der Waals surface area (Å²) in [7, 11) is 0. The van der Waals surface area contributed by atoms with E-state index in [9.17, 15) is 18.0 Å². The van der Waals surface area contributed by atoms with Gasteiger partial charge < -0.3 is 9.84 Å². The third kappa shape index (κ3) is 2.73. The molecule has 0 spiro atoms. The summed E-state index contributed by atoms with van der Waals surface area (Å²) in [5, 5.41) is 8.96. The number of carbonyl (C=O) groups is 1. The molecule has 1 aromatic rings. The second-order valence-corrected chi connectivity index (χ2v) is 5.25. The van der Waals surface area contributed by atoms with Crippen molar-refractivity contribution >= 4 is 5.97 Å². The van der Waals surface area contributed by atoms with Gasteiger partial charge in [0.25, 0.3) is 0 Å². The molecule has 0 aromatic heterocycles. The van der Waals surface area contributed by atoms with Crippen LogP contribution in [0.1, 0.15) is 30.9 Å². The van der Waals surface area contributed by atoms with Crippen molar-refractivity contribution in [3.05, 3.63) is 29.3 Å². The number of rotatable bonds is 2. The van der Waals surface area contributed by atoms with Crippen molar-refractivity contribution in [1.29, 1.82) is 0 Å². The number of alkyl halides is 3. The van der Waals surface area contributed by atoms with Crippen LogP contribution in [0.4, 0.5) is 13.2 Å². The number of benzene rings is 1. The summed E-state index contributed by atoms with van der Waals surface area (Å²) in [5.41, 5.74) is 1.36. The Morgan fingerprint density at radius 3 is 2.55 bits per heavy atom. The van der Waals surface area contributed by atoms with E-state index in [0.717, 1.165) is 5.56 Å². The van der Waals surface area contributed by atoms with Crippen molar-refractivity contribution in [3.8, 4) is 5.75 Å². The Bertz CT molecular complexity index is 523. The Balaban J connectivity index is 2.40. The molecular formula is C14H15F3O3. The highest BCUT2D eigenvalue weighted by Gasteiger charge is 2.52. The maximum Gasteiger partial charge on any atom is 0.426 e. The van der Waals surface area contributed by atoms with Gasteiger partial charge in [0.1, 0.15) is 11.7 Å². The van der Waals surface area contributed by atoms with Gasteiger partial charge in [0, 0.05) is 0 Å². The highest BCUT2D eigenvalue weighted by Crippen LogP contribution is 2.39. The molecule has 2 atom stereocenters. The monoisotopic (exact) mass is 288 g/mol. The van der Waals surface area contributed by atoms with Crippen molar-refractivity contribution < 1.29 is 27.8 Å². The zero-order chi connectivity index (χ0) is 15.1. The zero-order valence-corrected chi connectivity index (χ0v) is 11.1. The molecule has 1 heterocycles. The van der Waals surface area contributed by atoms with Crippen LogP contribution in [-0.4, -0.2) is 23.4 Å². The molecule has 0 aliphatic carbocycles. The van der Waals surface area contributed by atoms with Gasteiger partial charge in [-0.15, -0.1) is 0 Å². The third-order valence-corrected chi connectivity index (χ3v) is 3.46. The minimum Gasteiger partial charge on any atom is -0.481 e. The van der Waals surface area contributed by atoms with Gasteiger partial charge in [-0.3, -0.25) is 4.79 Å². The molecule has 2 unspecified atom stereocenters. The topological polar surface area (TPSA) is 46.5 Å². The molecule has 0 saturated carbocycles. The fourth-order valence-corrected chi connectivity index (χ4v) is 2.28. The van der Waals surface area contributed by atoms with Crippen LogP contribution in [0.25, 0.3) is 0 Å². The highest BCUT2D eigenvalue weighted by atomic mass is 19.4. The summed E-state index contributed by atoms with van der Waals surface area (Å²) in [4.78, 5) is 11.0. The summed E-state index contributed by atoms with van der Waals surface area (Å²) in [6.07, 6.45) is -7.17. The van der Waals surface area contributed by atoms with E-state index in [4.69, 9.17) is 9.84 Å². The van der Waals surface area contributed by atoms with Crippen LogP contribution in [-0.2, 0) is 11.2 Å². The molecule has 3 nitrogen and oxygen atoms in total. The number of halogens is 3. The smallest absolute Gasteiger partial charge is 0.426 e. The third-order valence-electron chi connectivity index (χ3n) is 3.46. The first-order valence-corrected chi connectivity index (χ1v) is 6.29. The lowest BCUT2D eigenvalue weighted by Crippen LogP contribution is -2.47. The fourth-order valence-electron chi connectivity index (χ4n) is 2.28. The fraction of sp³-hybridized carbons (Fsp3) is 0.500. The molecule has 1 aromatic carbocycles. The molecule has 6 heteroatoms. The normalized spacial score (nSPS) is 22.3. The van der Waals surface area contributed by atoms with Crippen molar-refractivity contribution in [1.82, 2.24) is 0 Å². The van der Waals surface area contributed by atoms with Crippen molar-refractivity contribution in [2.45, 2.75) is 38.5 Å². The molecule has 2 rings (SSSR count). The Morgan fingerprint density at radius 1 is 1.40 bits per heavy atom. The van der Waals surface area contributed by atoms with E-state index in [0.29, 0.717) is 5.56 Å². The van der Waals surface area contributed by atoms with Gasteiger partial charge in [-0.2, -0.15) is 13.2 Å². The predicted molar refractivity (Wildman–Crippen MR) is 65.8 cm³/mol. The van der Waals surface area contributed by atoms with Gasteiger partial charge in [0.15, 0.2) is 0 Å². The Morgan fingerprint density at radius 2 is 2.05 bits per heavy atom. The molecule has 0 fully saturated rings. The second kappa shape index (κ2) is 5.00. The molecule has 0 saturated heterocycles. The first kappa shape index (κ1) is 14.7. The van der Waals surface area contributed by atoms with Crippen molar-refractivity contribution in [2.75, 3.05) is 0 Å². The van der Waals surface area contributed by atoms with Gasteiger partial charge in [-0.25, -0.2) is 0 Å². The summed E-state index contributed by atoms with van der Waals surface area (Å²) >= 11 is 0. The quantitative estimate of drug-likeness (QED) is 0.907. The van der Waals surface area contributed by atoms with Gasteiger partial charge in [0.05, 0.1) is 0 Å². The summed E-state index contributed by atoms with van der Waals surface area (Å²) in [5.74, 6) is -2.81. The highest BCUT2D eigenvalue weighted by molar-refractivity contribution is 5.72. The number of aliphatic carboxylic acids is 1. The SMILES string of the molecule is CC(C)c1ccc2c(c1)OC(C(F)(F)F)C(C(=O)O)C2. The number of hydrogen-bond donors (Lipinski definition) is 1. The molecule has 110 valence electrons. The molecule has 20 heavy (non-hydrogen) atoms. The van der Waals surface area contributed by atoms with Crippen LogP contribution >= 0.6 is 0 Å². The van der Waals surface area contributed by atoms with Crippen LogP contribution in [0.3, 0.4) is 0 Å². The van der Waals surface area contributed by atoms with Gasteiger partial charge >= 0.3 is 12.1 Å². The van der Waals surface area contributed by atoms with Crippen LogP contribution in [0.5, 0.6) is 5.75 Å². The lowest BCUT2D eigenvalue weighted by atomic mass is 9.88. The predicted octanol–water partition coefficient (Wildman–Crippen LogP) is 3.38. The van der Waals surface area contributed by atoms with Crippen LogP contribution < -0.4 is 4.74 Å². The lowest BCUT2D eigenvalue weighted by Gasteiger charge is -2.32. The molecule has 0 radical (unpaired) electrons. The number of carboxylic acid groups (broad SMARTS) is 1.